The average Bonchev–Trinajstić information content (AvgIpc) is 2.49. The van der Waals surface area contributed by atoms with Gasteiger partial charge in [-0.1, -0.05) is 17.7 Å². The standard InChI is InChI=1S/C15H13ClF2N2S2/c16-10-4-6-11(7-5-10)22-9-8-19-15(21)20-14-12(17)2-1-3-13(14)18/h1-7H,8-9H2,(H2,19,20,21). The topological polar surface area (TPSA) is 24.1 Å². The van der Waals surface area contributed by atoms with Gasteiger partial charge in [0.05, 0.1) is 0 Å². The molecule has 0 heterocycles. The molecular formula is C15H13ClF2N2S2. The summed E-state index contributed by atoms with van der Waals surface area (Å²) in [6, 6.07) is 11.1. The van der Waals surface area contributed by atoms with E-state index in [4.69, 9.17) is 23.8 Å². The normalized spacial score (nSPS) is 10.3. The molecule has 2 N–H and O–H groups in total. The molecule has 0 amide bonds. The molecule has 2 aromatic carbocycles. The Bertz CT molecular complexity index is 630. The molecule has 2 rings (SSSR count). The van der Waals surface area contributed by atoms with Gasteiger partial charge in [0.15, 0.2) is 5.11 Å². The highest BCUT2D eigenvalue weighted by Crippen LogP contribution is 2.20. The Kier molecular flexibility index (Phi) is 6.42. The fraction of sp³-hybridized carbons (Fsp3) is 0.133. The molecule has 0 aliphatic heterocycles. The van der Waals surface area contributed by atoms with Crippen LogP contribution >= 0.6 is 35.6 Å². The summed E-state index contributed by atoms with van der Waals surface area (Å²) < 4.78 is 26.9. The lowest BCUT2D eigenvalue weighted by molar-refractivity contribution is 0.591. The van der Waals surface area contributed by atoms with E-state index in [2.05, 4.69) is 10.6 Å². The molecule has 0 spiro atoms. The number of hydrogen-bond acceptors (Lipinski definition) is 2. The largest absolute Gasteiger partial charge is 0.362 e. The van der Waals surface area contributed by atoms with Crippen LogP contribution in [0.15, 0.2) is 47.4 Å². The second-order valence-electron chi connectivity index (χ2n) is 4.28. The van der Waals surface area contributed by atoms with Crippen molar-refractivity contribution >= 4 is 46.4 Å². The molecule has 0 aromatic heterocycles. The highest BCUT2D eigenvalue weighted by atomic mass is 35.5. The van der Waals surface area contributed by atoms with Crippen LogP contribution in [-0.2, 0) is 0 Å². The van der Waals surface area contributed by atoms with Crippen molar-refractivity contribution in [2.75, 3.05) is 17.6 Å². The third-order valence-electron chi connectivity index (χ3n) is 2.67. The van der Waals surface area contributed by atoms with E-state index in [0.29, 0.717) is 11.6 Å². The van der Waals surface area contributed by atoms with Crippen LogP contribution in [0.3, 0.4) is 0 Å². The Hall–Kier alpha value is -1.37. The van der Waals surface area contributed by atoms with Gasteiger partial charge < -0.3 is 10.6 Å². The number of thioether (sulfide) groups is 1. The summed E-state index contributed by atoms with van der Waals surface area (Å²) in [5, 5.41) is 6.31. The summed E-state index contributed by atoms with van der Waals surface area (Å²) in [7, 11) is 0. The molecular weight excluding hydrogens is 346 g/mol. The molecule has 7 heteroatoms. The first-order valence-corrected chi connectivity index (χ1v) is 8.20. The summed E-state index contributed by atoms with van der Waals surface area (Å²) in [6.07, 6.45) is 0. The molecule has 0 aliphatic rings. The Balaban J connectivity index is 1.75. The fourth-order valence-corrected chi connectivity index (χ4v) is 2.74. The second-order valence-corrected chi connectivity index (χ2v) is 6.29. The number of nitrogens with one attached hydrogen (secondary N) is 2. The monoisotopic (exact) mass is 358 g/mol. The van der Waals surface area contributed by atoms with Crippen molar-refractivity contribution in [2.45, 2.75) is 4.90 Å². The van der Waals surface area contributed by atoms with Crippen LogP contribution in [0.5, 0.6) is 0 Å². The minimum atomic E-state index is -0.681. The number of hydrogen-bond donors (Lipinski definition) is 2. The number of halogens is 3. The Labute approximate surface area is 142 Å². The number of para-hydroxylation sites is 1. The van der Waals surface area contributed by atoms with Crippen molar-refractivity contribution in [3.63, 3.8) is 0 Å². The molecule has 0 saturated carbocycles. The first-order chi connectivity index (χ1) is 10.6. The highest BCUT2D eigenvalue weighted by molar-refractivity contribution is 7.99. The molecule has 0 fully saturated rings. The number of benzene rings is 2. The van der Waals surface area contributed by atoms with Gasteiger partial charge in [0.1, 0.15) is 17.3 Å². The lowest BCUT2D eigenvalue weighted by Crippen LogP contribution is -2.30. The minimum absolute atomic E-state index is 0.181. The van der Waals surface area contributed by atoms with Crippen molar-refractivity contribution in [1.29, 1.82) is 0 Å². The van der Waals surface area contributed by atoms with Gasteiger partial charge in [-0.15, -0.1) is 11.8 Å². The molecule has 2 aromatic rings. The molecule has 0 bridgehead atoms. The minimum Gasteiger partial charge on any atom is -0.362 e. The summed E-state index contributed by atoms with van der Waals surface area (Å²) in [4.78, 5) is 1.09. The molecule has 0 unspecified atom stereocenters. The van der Waals surface area contributed by atoms with E-state index in [-0.39, 0.29) is 10.8 Å². The maximum atomic E-state index is 13.4. The maximum Gasteiger partial charge on any atom is 0.170 e. The van der Waals surface area contributed by atoms with Crippen LogP contribution in [0, 0.1) is 11.6 Å². The van der Waals surface area contributed by atoms with Crippen molar-refractivity contribution in [2.24, 2.45) is 0 Å². The quantitative estimate of drug-likeness (QED) is 0.459. The van der Waals surface area contributed by atoms with Crippen LogP contribution < -0.4 is 10.6 Å². The highest BCUT2D eigenvalue weighted by Gasteiger charge is 2.09. The van der Waals surface area contributed by atoms with Gasteiger partial charge in [0, 0.05) is 22.2 Å². The van der Waals surface area contributed by atoms with Crippen molar-refractivity contribution < 1.29 is 8.78 Å². The van der Waals surface area contributed by atoms with Crippen LogP contribution in [0.25, 0.3) is 0 Å². The smallest absolute Gasteiger partial charge is 0.170 e. The van der Waals surface area contributed by atoms with E-state index in [1.807, 2.05) is 24.3 Å². The van der Waals surface area contributed by atoms with E-state index < -0.39 is 11.6 Å². The molecule has 116 valence electrons. The zero-order chi connectivity index (χ0) is 15.9. The van der Waals surface area contributed by atoms with Crippen molar-refractivity contribution in [1.82, 2.24) is 5.32 Å². The Morgan fingerprint density at radius 2 is 1.73 bits per heavy atom. The maximum absolute atomic E-state index is 13.4. The summed E-state index contributed by atoms with van der Waals surface area (Å²) in [6.45, 7) is 0.565. The summed E-state index contributed by atoms with van der Waals surface area (Å²) in [5.41, 5.74) is -0.245. The van der Waals surface area contributed by atoms with Crippen LogP contribution in [0.2, 0.25) is 5.02 Å². The van der Waals surface area contributed by atoms with E-state index in [1.165, 1.54) is 18.2 Å². The van der Waals surface area contributed by atoms with E-state index in [1.54, 1.807) is 11.8 Å². The van der Waals surface area contributed by atoms with Crippen LogP contribution in [-0.4, -0.2) is 17.4 Å². The van der Waals surface area contributed by atoms with Gasteiger partial charge in [-0.25, -0.2) is 8.78 Å². The summed E-state index contributed by atoms with van der Waals surface area (Å²) >= 11 is 12.5. The SMILES string of the molecule is Fc1cccc(F)c1NC(=S)NCCSc1ccc(Cl)cc1. The zero-order valence-corrected chi connectivity index (χ0v) is 13.8. The first kappa shape index (κ1) is 17.0. The molecule has 2 nitrogen and oxygen atoms in total. The van der Waals surface area contributed by atoms with E-state index in [0.717, 1.165) is 10.6 Å². The van der Waals surface area contributed by atoms with E-state index in [9.17, 15) is 8.78 Å². The van der Waals surface area contributed by atoms with Crippen LogP contribution in [0.1, 0.15) is 0 Å². The summed E-state index contributed by atoms with van der Waals surface area (Å²) in [5.74, 6) is -0.609. The van der Waals surface area contributed by atoms with Gasteiger partial charge in [-0.05, 0) is 48.6 Å². The molecule has 22 heavy (non-hydrogen) atoms. The predicted octanol–water partition coefficient (Wildman–Crippen LogP) is 4.70. The average molecular weight is 359 g/mol. The Morgan fingerprint density at radius 3 is 2.36 bits per heavy atom. The molecule has 0 saturated heterocycles. The third kappa shape index (κ3) is 5.12. The molecule has 0 aliphatic carbocycles. The van der Waals surface area contributed by atoms with Gasteiger partial charge in [0.2, 0.25) is 0 Å². The van der Waals surface area contributed by atoms with Gasteiger partial charge >= 0.3 is 0 Å². The fourth-order valence-electron chi connectivity index (χ4n) is 1.64. The first-order valence-electron chi connectivity index (χ1n) is 6.43. The van der Waals surface area contributed by atoms with Crippen molar-refractivity contribution in [3.8, 4) is 0 Å². The third-order valence-corrected chi connectivity index (χ3v) is 4.18. The molecule has 0 radical (unpaired) electrons. The van der Waals surface area contributed by atoms with Crippen molar-refractivity contribution in [3.05, 3.63) is 59.1 Å². The second kappa shape index (κ2) is 8.31. The predicted molar refractivity (Wildman–Crippen MR) is 92.8 cm³/mol. The number of anilines is 1. The van der Waals surface area contributed by atoms with Gasteiger partial charge in [0.25, 0.3) is 0 Å². The van der Waals surface area contributed by atoms with Gasteiger partial charge in [-0.2, -0.15) is 0 Å². The number of rotatable bonds is 5. The lowest BCUT2D eigenvalue weighted by atomic mass is 10.3. The van der Waals surface area contributed by atoms with Crippen LogP contribution in [0.4, 0.5) is 14.5 Å². The molecule has 0 atom stereocenters. The van der Waals surface area contributed by atoms with E-state index >= 15 is 0 Å². The lowest BCUT2D eigenvalue weighted by Gasteiger charge is -2.11. The Morgan fingerprint density at radius 1 is 1.09 bits per heavy atom. The van der Waals surface area contributed by atoms with Gasteiger partial charge in [-0.3, -0.25) is 0 Å². The number of thiocarbonyl (C=S) groups is 1. The zero-order valence-electron chi connectivity index (χ0n) is 11.4.